The first kappa shape index (κ1) is 4.61. The molecule has 0 radical (unpaired) electrons. The van der Waals surface area contributed by atoms with E-state index in [9.17, 15) is 4.79 Å². The van der Waals surface area contributed by atoms with Crippen LogP contribution in [0.1, 0.15) is 10.5 Å². The molecule has 1 aromatic rings. The Kier molecular flexibility index (Phi) is 0.704. The molecular weight excluding hydrogens is 118 g/mol. The van der Waals surface area contributed by atoms with Gasteiger partial charge in [-0.25, -0.2) is 0 Å². The highest BCUT2D eigenvalue weighted by atomic mass is 16.5. The Labute approximate surface area is 51.6 Å². The second-order valence-electron chi connectivity index (χ2n) is 1.93. The summed E-state index contributed by atoms with van der Waals surface area (Å²) in [4.78, 5) is 13.6. The highest BCUT2D eigenvalue weighted by Gasteiger charge is 2.21. The first-order chi connectivity index (χ1) is 4.38. The van der Waals surface area contributed by atoms with Crippen LogP contribution in [0.15, 0.2) is 12.3 Å². The number of aromatic amines is 1. The quantitative estimate of drug-likeness (QED) is 0.548. The monoisotopic (exact) mass is 123 g/mol. The third-order valence-corrected chi connectivity index (χ3v) is 1.35. The first-order valence-corrected chi connectivity index (χ1v) is 2.71. The van der Waals surface area contributed by atoms with Gasteiger partial charge in [0, 0.05) is 6.20 Å². The smallest absolute Gasteiger partial charge is 0.220 e. The average Bonchev–Trinajstić information content (AvgIpc) is 2.35. The molecule has 2 heterocycles. The zero-order valence-electron chi connectivity index (χ0n) is 4.68. The van der Waals surface area contributed by atoms with Crippen molar-refractivity contribution in [3.8, 4) is 5.75 Å². The van der Waals surface area contributed by atoms with Crippen LogP contribution in [-0.4, -0.2) is 17.4 Å². The number of fused-ring (bicyclic) bond motifs is 1. The molecule has 0 atom stereocenters. The van der Waals surface area contributed by atoms with Crippen LogP contribution >= 0.6 is 0 Å². The van der Waals surface area contributed by atoms with E-state index in [0.29, 0.717) is 11.4 Å². The van der Waals surface area contributed by atoms with Crippen molar-refractivity contribution >= 4 is 5.78 Å². The van der Waals surface area contributed by atoms with Gasteiger partial charge in [-0.1, -0.05) is 0 Å². The summed E-state index contributed by atoms with van der Waals surface area (Å²) >= 11 is 0. The van der Waals surface area contributed by atoms with Crippen molar-refractivity contribution in [2.24, 2.45) is 0 Å². The summed E-state index contributed by atoms with van der Waals surface area (Å²) in [6.07, 6.45) is 1.70. The Morgan fingerprint density at radius 2 is 2.56 bits per heavy atom. The molecule has 0 spiro atoms. The molecule has 2 rings (SSSR count). The lowest BCUT2D eigenvalue weighted by atomic mass is 10.3. The summed E-state index contributed by atoms with van der Waals surface area (Å²) < 4.78 is 4.97. The van der Waals surface area contributed by atoms with Gasteiger partial charge in [0.1, 0.15) is 11.4 Å². The summed E-state index contributed by atoms with van der Waals surface area (Å²) in [5.41, 5.74) is 0.606. The standard InChI is InChI=1S/C6H5NO2/c8-4-3-9-5-1-2-7-6(4)5/h1-2,7H,3H2. The van der Waals surface area contributed by atoms with E-state index in [2.05, 4.69) is 4.98 Å². The largest absolute Gasteiger partial charge is 0.483 e. The van der Waals surface area contributed by atoms with Gasteiger partial charge in [0.15, 0.2) is 6.61 Å². The number of rotatable bonds is 0. The summed E-state index contributed by atoms with van der Waals surface area (Å²) in [6.45, 7) is 0.196. The van der Waals surface area contributed by atoms with E-state index in [-0.39, 0.29) is 12.4 Å². The number of carbonyl (C=O) groups excluding carboxylic acids is 1. The number of hydrogen-bond acceptors (Lipinski definition) is 2. The SMILES string of the molecule is O=C1COc2cc[nH]c21. The third kappa shape index (κ3) is 0.483. The van der Waals surface area contributed by atoms with E-state index in [1.54, 1.807) is 12.3 Å². The molecule has 9 heavy (non-hydrogen) atoms. The minimum atomic E-state index is 0.0370. The van der Waals surface area contributed by atoms with Gasteiger partial charge in [0.2, 0.25) is 5.78 Å². The lowest BCUT2D eigenvalue weighted by molar-refractivity contribution is 0.0957. The number of Topliss-reactive ketones (excluding diaryl/α,β-unsaturated/α-hetero) is 1. The first-order valence-electron chi connectivity index (χ1n) is 2.71. The van der Waals surface area contributed by atoms with Gasteiger partial charge in [-0.05, 0) is 6.07 Å². The number of carbonyl (C=O) groups is 1. The lowest BCUT2D eigenvalue weighted by Gasteiger charge is -1.85. The maximum Gasteiger partial charge on any atom is 0.220 e. The van der Waals surface area contributed by atoms with Gasteiger partial charge in [0.25, 0.3) is 0 Å². The number of ketones is 1. The fourth-order valence-electron chi connectivity index (χ4n) is 0.909. The van der Waals surface area contributed by atoms with E-state index in [1.807, 2.05) is 0 Å². The number of ether oxygens (including phenoxy) is 1. The van der Waals surface area contributed by atoms with E-state index in [1.165, 1.54) is 0 Å². The van der Waals surface area contributed by atoms with Gasteiger partial charge in [0.05, 0.1) is 0 Å². The molecule has 0 saturated heterocycles. The minimum Gasteiger partial charge on any atom is -0.483 e. The van der Waals surface area contributed by atoms with Crippen LogP contribution in [0.25, 0.3) is 0 Å². The Morgan fingerprint density at radius 1 is 1.67 bits per heavy atom. The Bertz CT molecular complexity index is 251. The Hall–Kier alpha value is -1.25. The van der Waals surface area contributed by atoms with E-state index in [0.717, 1.165) is 0 Å². The van der Waals surface area contributed by atoms with Crippen molar-refractivity contribution in [2.45, 2.75) is 0 Å². The van der Waals surface area contributed by atoms with Gasteiger partial charge < -0.3 is 9.72 Å². The fraction of sp³-hybridized carbons (Fsp3) is 0.167. The van der Waals surface area contributed by atoms with Crippen molar-refractivity contribution < 1.29 is 9.53 Å². The van der Waals surface area contributed by atoms with Crippen LogP contribution in [0.4, 0.5) is 0 Å². The summed E-state index contributed by atoms with van der Waals surface area (Å²) in [6, 6.07) is 1.75. The van der Waals surface area contributed by atoms with Crippen LogP contribution in [0.5, 0.6) is 5.75 Å². The van der Waals surface area contributed by atoms with E-state index >= 15 is 0 Å². The molecule has 0 aliphatic carbocycles. The normalized spacial score (nSPS) is 15.3. The molecule has 0 saturated carbocycles. The molecule has 0 bridgehead atoms. The third-order valence-electron chi connectivity index (χ3n) is 1.35. The molecule has 0 aromatic carbocycles. The van der Waals surface area contributed by atoms with Crippen molar-refractivity contribution in [3.63, 3.8) is 0 Å². The van der Waals surface area contributed by atoms with Crippen LogP contribution in [0.3, 0.4) is 0 Å². The number of aromatic nitrogens is 1. The zero-order chi connectivity index (χ0) is 6.27. The average molecular weight is 123 g/mol. The van der Waals surface area contributed by atoms with Crippen molar-refractivity contribution in [3.05, 3.63) is 18.0 Å². The molecule has 1 aromatic heterocycles. The fourth-order valence-corrected chi connectivity index (χ4v) is 0.909. The Balaban J connectivity index is 2.61. The summed E-state index contributed by atoms with van der Waals surface area (Å²) in [5, 5.41) is 0. The second-order valence-corrected chi connectivity index (χ2v) is 1.93. The van der Waals surface area contributed by atoms with Crippen LogP contribution < -0.4 is 4.74 Å². The predicted octanol–water partition coefficient (Wildman–Crippen LogP) is 0.590. The highest BCUT2D eigenvalue weighted by molar-refractivity contribution is 6.00. The molecule has 3 heteroatoms. The second kappa shape index (κ2) is 1.37. The minimum absolute atomic E-state index is 0.0370. The van der Waals surface area contributed by atoms with E-state index < -0.39 is 0 Å². The van der Waals surface area contributed by atoms with E-state index in [4.69, 9.17) is 4.74 Å². The predicted molar refractivity (Wildman–Crippen MR) is 30.6 cm³/mol. The molecule has 0 fully saturated rings. The topological polar surface area (TPSA) is 42.1 Å². The maximum absolute atomic E-state index is 10.8. The van der Waals surface area contributed by atoms with Crippen LogP contribution in [-0.2, 0) is 0 Å². The maximum atomic E-state index is 10.8. The van der Waals surface area contributed by atoms with Crippen molar-refractivity contribution in [1.29, 1.82) is 0 Å². The van der Waals surface area contributed by atoms with Crippen molar-refractivity contribution in [1.82, 2.24) is 4.98 Å². The molecular formula is C6H5NO2. The molecule has 1 N–H and O–H groups in total. The summed E-state index contributed by atoms with van der Waals surface area (Å²) in [5.74, 6) is 0.718. The molecule has 0 amide bonds. The molecule has 1 aliphatic heterocycles. The zero-order valence-corrected chi connectivity index (χ0v) is 4.68. The highest BCUT2D eigenvalue weighted by Crippen LogP contribution is 2.22. The van der Waals surface area contributed by atoms with Gasteiger partial charge in [-0.3, -0.25) is 4.79 Å². The van der Waals surface area contributed by atoms with Gasteiger partial charge in [-0.2, -0.15) is 0 Å². The van der Waals surface area contributed by atoms with Gasteiger partial charge >= 0.3 is 0 Å². The Morgan fingerprint density at radius 3 is 3.33 bits per heavy atom. The molecule has 3 nitrogen and oxygen atoms in total. The van der Waals surface area contributed by atoms with Crippen LogP contribution in [0, 0.1) is 0 Å². The summed E-state index contributed by atoms with van der Waals surface area (Å²) in [7, 11) is 0. The van der Waals surface area contributed by atoms with Crippen LogP contribution in [0.2, 0.25) is 0 Å². The number of H-pyrrole nitrogens is 1. The molecule has 1 aliphatic rings. The number of nitrogens with one attached hydrogen (secondary N) is 1. The van der Waals surface area contributed by atoms with Gasteiger partial charge in [-0.15, -0.1) is 0 Å². The number of hydrogen-bond donors (Lipinski definition) is 1. The molecule has 46 valence electrons. The molecule has 0 unspecified atom stereocenters. The lowest BCUT2D eigenvalue weighted by Crippen LogP contribution is -2.00. The van der Waals surface area contributed by atoms with Crippen molar-refractivity contribution in [2.75, 3.05) is 6.61 Å².